The van der Waals surface area contributed by atoms with E-state index in [4.69, 9.17) is 0 Å². The van der Waals surface area contributed by atoms with E-state index < -0.39 is 59.1 Å². The van der Waals surface area contributed by atoms with E-state index in [0.29, 0.717) is 0 Å². The first kappa shape index (κ1) is 21.2. The number of nitrogens with one attached hydrogen (secondary N) is 2. The Morgan fingerprint density at radius 3 is 1.58 bits per heavy atom. The maximum atomic E-state index is 13.2. The molecule has 11 heteroatoms. The molecule has 5 nitrogen and oxygen atoms in total. The van der Waals surface area contributed by atoms with Gasteiger partial charge in [-0.1, -0.05) is 27.7 Å². The summed E-state index contributed by atoms with van der Waals surface area (Å²) >= 11 is 0. The highest BCUT2D eigenvalue weighted by Crippen LogP contribution is 2.57. The van der Waals surface area contributed by atoms with Crippen molar-refractivity contribution in [2.75, 3.05) is 0 Å². The maximum absolute atomic E-state index is 13.2. The van der Waals surface area contributed by atoms with Gasteiger partial charge in [0.2, 0.25) is 0 Å². The van der Waals surface area contributed by atoms with Crippen LogP contribution in [-0.4, -0.2) is 46.5 Å². The standard InChI is InChI=1S/C15H22F6N2O3/c1-6(2)8(13-11(5,22-13)23-13)10(24)26-9(7(3)4)12(25,14(16,17)18)15(19,20)21/h6-9,22-23,25H,1-5H3. The van der Waals surface area contributed by atoms with E-state index in [1.54, 1.807) is 20.8 Å². The van der Waals surface area contributed by atoms with Crippen molar-refractivity contribution in [2.24, 2.45) is 17.8 Å². The van der Waals surface area contributed by atoms with Gasteiger partial charge in [-0.2, -0.15) is 26.3 Å². The molecule has 2 unspecified atom stereocenters. The lowest BCUT2D eigenvalue weighted by Gasteiger charge is -2.40. The first-order chi connectivity index (χ1) is 11.4. The van der Waals surface area contributed by atoms with Crippen molar-refractivity contribution in [3.8, 4) is 0 Å². The number of hydrogen-bond donors (Lipinski definition) is 3. The molecule has 0 aromatic heterocycles. The fraction of sp³-hybridized carbons (Fsp3) is 0.933. The van der Waals surface area contributed by atoms with Crippen molar-refractivity contribution in [1.29, 1.82) is 0 Å². The molecule has 26 heavy (non-hydrogen) atoms. The second-order valence-corrected chi connectivity index (χ2v) is 7.77. The maximum Gasteiger partial charge on any atom is 0.430 e. The molecule has 0 aromatic rings. The summed E-state index contributed by atoms with van der Waals surface area (Å²) in [5.41, 5.74) is -6.65. The summed E-state index contributed by atoms with van der Waals surface area (Å²) in [7, 11) is 0. The SMILES string of the molecule is CC(C)C(C(=O)OC(C(C)C)C(O)(C(F)(F)F)C(F)(F)F)C12NC1(C)N2. The van der Waals surface area contributed by atoms with E-state index in [0.717, 1.165) is 13.8 Å². The third-order valence-corrected chi connectivity index (χ3v) is 5.07. The highest BCUT2D eigenvalue weighted by atomic mass is 19.4. The Morgan fingerprint density at radius 2 is 1.35 bits per heavy atom. The Kier molecular flexibility index (Phi) is 4.67. The molecular formula is C15H22F6N2O3. The van der Waals surface area contributed by atoms with Crippen LogP contribution in [0.15, 0.2) is 0 Å². The van der Waals surface area contributed by atoms with E-state index >= 15 is 0 Å². The van der Waals surface area contributed by atoms with Crippen LogP contribution in [0.5, 0.6) is 0 Å². The van der Waals surface area contributed by atoms with Gasteiger partial charge in [-0.25, -0.2) is 0 Å². The normalized spacial score (nSPS) is 30.8. The van der Waals surface area contributed by atoms with E-state index in [9.17, 15) is 36.2 Å². The summed E-state index contributed by atoms with van der Waals surface area (Å²) in [6.07, 6.45) is -15.0. The predicted molar refractivity (Wildman–Crippen MR) is 77.5 cm³/mol. The summed E-state index contributed by atoms with van der Waals surface area (Å²) in [6, 6.07) is 0. The minimum absolute atomic E-state index is 0.426. The molecule has 0 aromatic carbocycles. The van der Waals surface area contributed by atoms with Crippen molar-refractivity contribution in [3.63, 3.8) is 0 Å². The molecule has 152 valence electrons. The van der Waals surface area contributed by atoms with Gasteiger partial charge >= 0.3 is 18.3 Å². The quantitative estimate of drug-likeness (QED) is 0.367. The van der Waals surface area contributed by atoms with E-state index in [1.807, 2.05) is 0 Å². The lowest BCUT2D eigenvalue weighted by atomic mass is 9.86. The Morgan fingerprint density at radius 1 is 0.962 bits per heavy atom. The van der Waals surface area contributed by atoms with Crippen molar-refractivity contribution >= 4 is 5.97 Å². The highest BCUT2D eigenvalue weighted by Gasteiger charge is 2.86. The molecule has 0 aliphatic carbocycles. The molecule has 3 N–H and O–H groups in total. The monoisotopic (exact) mass is 392 g/mol. The van der Waals surface area contributed by atoms with Crippen LogP contribution in [0.4, 0.5) is 26.3 Å². The van der Waals surface area contributed by atoms with Gasteiger partial charge in [0.1, 0.15) is 11.3 Å². The summed E-state index contributed by atoms with van der Waals surface area (Å²) < 4.78 is 83.6. The Hall–Kier alpha value is -1.07. The second kappa shape index (κ2) is 5.71. The minimum Gasteiger partial charge on any atom is -0.458 e. The molecule has 0 radical (unpaired) electrons. The van der Waals surface area contributed by atoms with Crippen molar-refractivity contribution < 1.29 is 41.0 Å². The van der Waals surface area contributed by atoms with E-state index in [2.05, 4.69) is 15.4 Å². The lowest BCUT2D eigenvalue weighted by molar-refractivity contribution is -0.395. The molecule has 0 bridgehead atoms. The lowest BCUT2D eigenvalue weighted by Crippen LogP contribution is -2.66. The third kappa shape index (κ3) is 2.88. The average molecular weight is 392 g/mol. The fourth-order valence-corrected chi connectivity index (χ4v) is 3.53. The van der Waals surface area contributed by atoms with Gasteiger partial charge in [-0.3, -0.25) is 15.4 Å². The summed E-state index contributed by atoms with van der Waals surface area (Å²) in [5, 5.41) is 15.5. The van der Waals surface area contributed by atoms with Crippen LogP contribution in [-0.2, 0) is 9.53 Å². The van der Waals surface area contributed by atoms with Crippen LogP contribution in [0, 0.1) is 17.8 Å². The van der Waals surface area contributed by atoms with Gasteiger partial charge in [0.15, 0.2) is 6.10 Å². The summed E-state index contributed by atoms with van der Waals surface area (Å²) in [5.74, 6) is -4.11. The molecule has 2 aliphatic heterocycles. The topological polar surface area (TPSA) is 90.4 Å². The largest absolute Gasteiger partial charge is 0.458 e. The summed E-state index contributed by atoms with van der Waals surface area (Å²) in [6.45, 7) is 6.93. The summed E-state index contributed by atoms with van der Waals surface area (Å²) in [4.78, 5) is 12.5. The molecule has 2 atom stereocenters. The van der Waals surface area contributed by atoms with Crippen LogP contribution in [0.3, 0.4) is 0 Å². The number of hydrogen-bond acceptors (Lipinski definition) is 5. The molecule has 0 amide bonds. The number of alkyl halides is 6. The number of carbonyl (C=O) groups excluding carboxylic acids is 1. The minimum atomic E-state index is -6.07. The van der Waals surface area contributed by atoms with Crippen LogP contribution < -0.4 is 10.6 Å². The van der Waals surface area contributed by atoms with Crippen LogP contribution >= 0.6 is 0 Å². The first-order valence-corrected chi connectivity index (χ1v) is 8.09. The van der Waals surface area contributed by atoms with Gasteiger partial charge in [-0.05, 0) is 18.8 Å². The number of aliphatic hydroxyl groups is 1. The van der Waals surface area contributed by atoms with Crippen molar-refractivity contribution in [3.05, 3.63) is 0 Å². The third-order valence-electron chi connectivity index (χ3n) is 5.07. The van der Waals surface area contributed by atoms with Gasteiger partial charge < -0.3 is 9.84 Å². The molecule has 0 saturated carbocycles. The highest BCUT2D eigenvalue weighted by molar-refractivity contribution is 5.78. The number of ether oxygens (including phenoxy) is 1. The number of esters is 1. The molecular weight excluding hydrogens is 370 g/mol. The van der Waals surface area contributed by atoms with Crippen LogP contribution in [0.2, 0.25) is 0 Å². The van der Waals surface area contributed by atoms with E-state index in [-0.39, 0.29) is 0 Å². The Bertz CT molecular complexity index is 567. The van der Waals surface area contributed by atoms with Crippen molar-refractivity contribution in [2.45, 2.75) is 70.0 Å². The molecule has 2 saturated heterocycles. The van der Waals surface area contributed by atoms with E-state index in [1.165, 1.54) is 0 Å². The Labute approximate surface area is 146 Å². The Balaban J connectivity index is 2.34. The van der Waals surface area contributed by atoms with Gasteiger partial charge in [0.25, 0.3) is 5.60 Å². The predicted octanol–water partition coefficient (Wildman–Crippen LogP) is 2.30. The zero-order valence-electron chi connectivity index (χ0n) is 14.8. The number of carbonyl (C=O) groups is 1. The molecule has 2 heterocycles. The van der Waals surface area contributed by atoms with Crippen LogP contribution in [0.1, 0.15) is 34.6 Å². The molecule has 2 rings (SSSR count). The molecule has 0 spiro atoms. The van der Waals surface area contributed by atoms with Crippen LogP contribution in [0.25, 0.3) is 0 Å². The second-order valence-electron chi connectivity index (χ2n) is 7.77. The van der Waals surface area contributed by atoms with Gasteiger partial charge in [0, 0.05) is 0 Å². The molecule has 2 aliphatic rings. The zero-order valence-corrected chi connectivity index (χ0v) is 14.8. The smallest absolute Gasteiger partial charge is 0.430 e. The van der Waals surface area contributed by atoms with Gasteiger partial charge in [-0.15, -0.1) is 0 Å². The zero-order chi connectivity index (χ0) is 20.5. The van der Waals surface area contributed by atoms with Crippen molar-refractivity contribution in [1.82, 2.24) is 10.6 Å². The number of rotatable bonds is 6. The first-order valence-electron chi connectivity index (χ1n) is 8.09. The number of fused-ring (bicyclic) bond motifs is 1. The fourth-order valence-electron chi connectivity index (χ4n) is 3.53. The molecule has 2 fully saturated rings. The average Bonchev–Trinajstić information content (AvgIpc) is 3.16. The number of halogens is 6. The van der Waals surface area contributed by atoms with Gasteiger partial charge in [0.05, 0.1) is 5.92 Å².